The van der Waals surface area contributed by atoms with Gasteiger partial charge in [0.2, 0.25) is 5.95 Å². The van der Waals surface area contributed by atoms with Crippen LogP contribution >= 0.6 is 0 Å². The molecule has 0 aliphatic rings. The first-order valence-corrected chi connectivity index (χ1v) is 8.70. The quantitative estimate of drug-likeness (QED) is 0.773. The first-order chi connectivity index (χ1) is 13.0. The molecule has 2 aromatic rings. The average Bonchev–Trinajstić information content (AvgIpc) is 3.05. The summed E-state index contributed by atoms with van der Waals surface area (Å²) < 4.78 is 11.5. The van der Waals surface area contributed by atoms with E-state index in [0.29, 0.717) is 23.2 Å². The van der Waals surface area contributed by atoms with Crippen LogP contribution in [0, 0.1) is 0 Å². The number of ether oxygens (including phenoxy) is 2. The van der Waals surface area contributed by atoms with E-state index in [9.17, 15) is 9.59 Å². The van der Waals surface area contributed by atoms with Crippen LogP contribution < -0.4 is 10.2 Å². The maximum absolute atomic E-state index is 12.1. The zero-order chi connectivity index (χ0) is 21.1. The number of aromatic nitrogens is 4. The van der Waals surface area contributed by atoms with Crippen molar-refractivity contribution in [2.24, 2.45) is 0 Å². The van der Waals surface area contributed by atoms with Gasteiger partial charge in [0.05, 0.1) is 18.7 Å². The lowest BCUT2D eigenvalue weighted by Gasteiger charge is -2.21. The van der Waals surface area contributed by atoms with E-state index in [-0.39, 0.29) is 0 Å². The SMILES string of the molecule is COC(=O)c1ccc(-n2nc(N(C)C)nc2C(C)NC(=O)OC(C)(C)C)nc1. The average molecular weight is 390 g/mol. The zero-order valence-corrected chi connectivity index (χ0v) is 17.2. The Kier molecular flexibility index (Phi) is 6.22. The summed E-state index contributed by atoms with van der Waals surface area (Å²) in [5.41, 5.74) is -0.293. The number of methoxy groups -OCH3 is 1. The van der Waals surface area contributed by atoms with Crippen LogP contribution in [0.1, 0.15) is 49.9 Å². The lowest BCUT2D eigenvalue weighted by Crippen LogP contribution is -2.35. The van der Waals surface area contributed by atoms with Gasteiger partial charge >= 0.3 is 12.1 Å². The second-order valence-corrected chi connectivity index (χ2v) is 7.34. The predicted octanol–water partition coefficient (Wildman–Crippen LogP) is 2.10. The van der Waals surface area contributed by atoms with Crippen molar-refractivity contribution in [3.05, 3.63) is 29.7 Å². The lowest BCUT2D eigenvalue weighted by molar-refractivity contribution is 0.0504. The number of hydrogen-bond acceptors (Lipinski definition) is 8. The Balaban J connectivity index is 2.34. The second kappa shape index (κ2) is 8.24. The minimum Gasteiger partial charge on any atom is -0.465 e. The summed E-state index contributed by atoms with van der Waals surface area (Å²) in [6.07, 6.45) is 0.837. The third kappa shape index (κ3) is 5.18. The summed E-state index contributed by atoms with van der Waals surface area (Å²) in [6.45, 7) is 7.14. The van der Waals surface area contributed by atoms with Crippen molar-refractivity contribution in [1.82, 2.24) is 25.1 Å². The van der Waals surface area contributed by atoms with E-state index in [4.69, 9.17) is 4.74 Å². The molecule has 10 nitrogen and oxygen atoms in total. The smallest absolute Gasteiger partial charge is 0.408 e. The van der Waals surface area contributed by atoms with Crippen molar-refractivity contribution >= 4 is 18.0 Å². The molecule has 1 amide bonds. The number of carbonyl (C=O) groups is 2. The van der Waals surface area contributed by atoms with Gasteiger partial charge in [0.25, 0.3) is 0 Å². The molecule has 0 aliphatic carbocycles. The lowest BCUT2D eigenvalue weighted by atomic mass is 10.2. The van der Waals surface area contributed by atoms with Crippen LogP contribution in [-0.4, -0.2) is 58.6 Å². The highest BCUT2D eigenvalue weighted by atomic mass is 16.6. The number of anilines is 1. The third-order valence-electron chi connectivity index (χ3n) is 3.53. The molecule has 0 saturated heterocycles. The predicted molar refractivity (Wildman–Crippen MR) is 103 cm³/mol. The molecule has 0 radical (unpaired) electrons. The standard InChI is InChI=1S/C18H26N6O4/c1-11(20-17(26)28-18(2,3)4)14-21-16(23(5)6)22-24(14)13-9-8-12(10-19-13)15(25)27-7/h8-11H,1-7H3,(H,20,26). The number of alkyl carbamates (subject to hydrolysis) is 1. The van der Waals surface area contributed by atoms with Gasteiger partial charge in [0.15, 0.2) is 11.6 Å². The van der Waals surface area contributed by atoms with Gasteiger partial charge in [-0.15, -0.1) is 5.10 Å². The van der Waals surface area contributed by atoms with Gasteiger partial charge in [0.1, 0.15) is 5.60 Å². The number of carbonyl (C=O) groups excluding carboxylic acids is 2. The molecule has 10 heteroatoms. The summed E-state index contributed by atoms with van der Waals surface area (Å²) in [6, 6.07) is 2.71. The van der Waals surface area contributed by atoms with Gasteiger partial charge in [-0.2, -0.15) is 9.67 Å². The Hall–Kier alpha value is -3.17. The molecule has 2 rings (SSSR count). The fraction of sp³-hybridized carbons (Fsp3) is 0.500. The molecule has 0 aromatic carbocycles. The van der Waals surface area contributed by atoms with Gasteiger partial charge < -0.3 is 19.7 Å². The van der Waals surface area contributed by atoms with Gasteiger partial charge in [-0.05, 0) is 39.8 Å². The molecule has 0 bridgehead atoms. The molecule has 152 valence electrons. The Bertz CT molecular complexity index is 839. The monoisotopic (exact) mass is 390 g/mol. The van der Waals surface area contributed by atoms with Crippen molar-refractivity contribution < 1.29 is 19.1 Å². The number of rotatable bonds is 5. The van der Waals surface area contributed by atoms with Crippen LogP contribution in [0.15, 0.2) is 18.3 Å². The van der Waals surface area contributed by atoms with Crippen LogP contribution in [0.4, 0.5) is 10.7 Å². The van der Waals surface area contributed by atoms with Crippen molar-refractivity contribution in [2.45, 2.75) is 39.3 Å². The van der Waals surface area contributed by atoms with E-state index in [0.717, 1.165) is 0 Å². The van der Waals surface area contributed by atoms with E-state index in [1.54, 1.807) is 44.7 Å². The van der Waals surface area contributed by atoms with E-state index in [1.807, 2.05) is 14.1 Å². The molecule has 2 aromatic heterocycles. The molecule has 28 heavy (non-hydrogen) atoms. The van der Waals surface area contributed by atoms with Crippen LogP contribution in [0.25, 0.3) is 5.82 Å². The Morgan fingerprint density at radius 3 is 2.43 bits per heavy atom. The van der Waals surface area contributed by atoms with E-state index >= 15 is 0 Å². The van der Waals surface area contributed by atoms with Crippen molar-refractivity contribution in [1.29, 1.82) is 0 Å². The molecule has 0 saturated carbocycles. The Morgan fingerprint density at radius 1 is 1.25 bits per heavy atom. The highest BCUT2D eigenvalue weighted by molar-refractivity contribution is 5.88. The minimum atomic E-state index is -0.614. The van der Waals surface area contributed by atoms with Crippen molar-refractivity contribution in [3.8, 4) is 5.82 Å². The Morgan fingerprint density at radius 2 is 1.93 bits per heavy atom. The largest absolute Gasteiger partial charge is 0.465 e. The molecule has 1 atom stereocenters. The second-order valence-electron chi connectivity index (χ2n) is 7.34. The number of hydrogen-bond donors (Lipinski definition) is 1. The molecule has 1 N–H and O–H groups in total. The molecule has 0 aliphatic heterocycles. The van der Waals surface area contributed by atoms with Gasteiger partial charge in [-0.25, -0.2) is 14.6 Å². The summed E-state index contributed by atoms with van der Waals surface area (Å²) in [4.78, 5) is 34.2. The van der Waals surface area contributed by atoms with Gasteiger partial charge in [-0.1, -0.05) is 0 Å². The fourth-order valence-electron chi connectivity index (χ4n) is 2.25. The third-order valence-corrected chi connectivity index (χ3v) is 3.53. The number of nitrogens with zero attached hydrogens (tertiary/aromatic N) is 5. The number of amides is 1. The van der Waals surface area contributed by atoms with E-state index in [2.05, 4.69) is 25.1 Å². The fourth-order valence-corrected chi connectivity index (χ4v) is 2.25. The number of pyridine rings is 1. The first-order valence-electron chi connectivity index (χ1n) is 8.70. The highest BCUT2D eigenvalue weighted by Gasteiger charge is 2.24. The minimum absolute atomic E-state index is 0.320. The molecule has 1 unspecified atom stereocenters. The topological polar surface area (TPSA) is 111 Å². The maximum Gasteiger partial charge on any atom is 0.408 e. The van der Waals surface area contributed by atoms with Gasteiger partial charge in [-0.3, -0.25) is 0 Å². The maximum atomic E-state index is 12.1. The van der Waals surface area contributed by atoms with Gasteiger partial charge in [0, 0.05) is 20.3 Å². The van der Waals surface area contributed by atoms with Crippen molar-refractivity contribution in [3.63, 3.8) is 0 Å². The van der Waals surface area contributed by atoms with Crippen molar-refractivity contribution in [2.75, 3.05) is 26.1 Å². The molecule has 0 fully saturated rings. The van der Waals surface area contributed by atoms with E-state index < -0.39 is 23.7 Å². The van der Waals surface area contributed by atoms with Crippen LogP contribution in [-0.2, 0) is 9.47 Å². The zero-order valence-electron chi connectivity index (χ0n) is 17.2. The Labute approximate surface area is 163 Å². The summed E-state index contributed by atoms with van der Waals surface area (Å²) in [5.74, 6) is 0.882. The molecule has 2 heterocycles. The van der Waals surface area contributed by atoms with Crippen LogP contribution in [0.5, 0.6) is 0 Å². The number of esters is 1. The normalized spacial score (nSPS) is 12.2. The van der Waals surface area contributed by atoms with Crippen LogP contribution in [0.3, 0.4) is 0 Å². The van der Waals surface area contributed by atoms with E-state index in [1.165, 1.54) is 18.0 Å². The summed E-state index contributed by atoms with van der Waals surface area (Å²) >= 11 is 0. The molecular formula is C18H26N6O4. The summed E-state index contributed by atoms with van der Waals surface area (Å²) in [7, 11) is 4.92. The molecule has 0 spiro atoms. The summed E-state index contributed by atoms with van der Waals surface area (Å²) in [5, 5.41) is 7.19. The molecular weight excluding hydrogens is 364 g/mol. The first kappa shape index (κ1) is 21.1. The highest BCUT2D eigenvalue weighted by Crippen LogP contribution is 2.19. The van der Waals surface area contributed by atoms with Crippen LogP contribution in [0.2, 0.25) is 0 Å². The number of nitrogens with one attached hydrogen (secondary N) is 1.